The number of carbonyl (C=O) groups is 2. The molecule has 20 heavy (non-hydrogen) atoms. The second kappa shape index (κ2) is 6.05. The van der Waals surface area contributed by atoms with Crippen molar-refractivity contribution in [3.63, 3.8) is 0 Å². The van der Waals surface area contributed by atoms with Gasteiger partial charge >= 0.3 is 5.97 Å². The van der Waals surface area contributed by atoms with Gasteiger partial charge in [-0.05, 0) is 18.1 Å². The van der Waals surface area contributed by atoms with Gasteiger partial charge in [-0.3, -0.25) is 4.79 Å². The van der Waals surface area contributed by atoms with Crippen molar-refractivity contribution in [3.05, 3.63) is 35.4 Å². The van der Waals surface area contributed by atoms with E-state index in [1.165, 1.54) is 0 Å². The molecule has 1 aliphatic heterocycles. The first kappa shape index (κ1) is 14.5. The SMILES string of the molecule is CCc1ccccc1C(=O)NC1(C(=O)O)CCOCC1. The number of carboxylic acid groups (broad SMARTS) is 1. The number of hydrogen-bond acceptors (Lipinski definition) is 3. The molecule has 0 bridgehead atoms. The van der Waals surface area contributed by atoms with E-state index in [0.29, 0.717) is 31.6 Å². The summed E-state index contributed by atoms with van der Waals surface area (Å²) in [6.07, 6.45) is 1.32. The molecule has 2 rings (SSSR count). The van der Waals surface area contributed by atoms with Gasteiger partial charge < -0.3 is 15.2 Å². The molecule has 1 amide bonds. The van der Waals surface area contributed by atoms with Gasteiger partial charge in [0.2, 0.25) is 0 Å². The first-order valence-corrected chi connectivity index (χ1v) is 6.80. The van der Waals surface area contributed by atoms with Crippen LogP contribution in [0.15, 0.2) is 24.3 Å². The first-order valence-electron chi connectivity index (χ1n) is 6.80. The summed E-state index contributed by atoms with van der Waals surface area (Å²) in [5, 5.41) is 12.1. The molecule has 0 aromatic heterocycles. The van der Waals surface area contributed by atoms with Crippen LogP contribution in [0.3, 0.4) is 0 Å². The Kier molecular flexibility index (Phi) is 4.39. The maximum atomic E-state index is 12.4. The lowest BCUT2D eigenvalue weighted by molar-refractivity contribution is -0.148. The van der Waals surface area contributed by atoms with Crippen LogP contribution < -0.4 is 5.32 Å². The molecule has 2 N–H and O–H groups in total. The Labute approximate surface area is 117 Å². The van der Waals surface area contributed by atoms with Crippen LogP contribution in [0.5, 0.6) is 0 Å². The number of benzene rings is 1. The van der Waals surface area contributed by atoms with Crippen LogP contribution in [0, 0.1) is 0 Å². The molecule has 1 aliphatic rings. The number of nitrogens with one attached hydrogen (secondary N) is 1. The molecule has 0 saturated carbocycles. The van der Waals surface area contributed by atoms with E-state index >= 15 is 0 Å². The number of hydrogen-bond donors (Lipinski definition) is 2. The van der Waals surface area contributed by atoms with Crippen LogP contribution in [0.4, 0.5) is 0 Å². The van der Waals surface area contributed by atoms with Crippen LogP contribution in [-0.2, 0) is 16.0 Å². The van der Waals surface area contributed by atoms with Gasteiger partial charge in [0.1, 0.15) is 5.54 Å². The molecule has 1 aromatic carbocycles. The summed E-state index contributed by atoms with van der Waals surface area (Å²) >= 11 is 0. The molecule has 1 fully saturated rings. The minimum atomic E-state index is -1.21. The zero-order chi connectivity index (χ0) is 14.6. The average Bonchev–Trinajstić information content (AvgIpc) is 2.48. The highest BCUT2D eigenvalue weighted by atomic mass is 16.5. The fourth-order valence-electron chi connectivity index (χ4n) is 2.45. The fourth-order valence-corrected chi connectivity index (χ4v) is 2.45. The largest absolute Gasteiger partial charge is 0.480 e. The normalized spacial score (nSPS) is 17.4. The zero-order valence-electron chi connectivity index (χ0n) is 11.5. The van der Waals surface area contributed by atoms with E-state index in [-0.39, 0.29) is 5.91 Å². The summed E-state index contributed by atoms with van der Waals surface area (Å²) in [6.45, 7) is 2.66. The highest BCUT2D eigenvalue weighted by Gasteiger charge is 2.41. The number of amides is 1. The van der Waals surface area contributed by atoms with E-state index in [1.54, 1.807) is 12.1 Å². The van der Waals surface area contributed by atoms with Crippen LogP contribution in [0.2, 0.25) is 0 Å². The minimum absolute atomic E-state index is 0.294. The summed E-state index contributed by atoms with van der Waals surface area (Å²) in [6, 6.07) is 7.26. The average molecular weight is 277 g/mol. The highest BCUT2D eigenvalue weighted by Crippen LogP contribution is 2.22. The van der Waals surface area contributed by atoms with Gasteiger partial charge in [-0.2, -0.15) is 0 Å². The van der Waals surface area contributed by atoms with Gasteiger partial charge in [-0.1, -0.05) is 25.1 Å². The topological polar surface area (TPSA) is 75.6 Å². The number of aryl methyl sites for hydroxylation is 1. The highest BCUT2D eigenvalue weighted by molar-refractivity contribution is 5.99. The second-order valence-electron chi connectivity index (χ2n) is 4.96. The molecule has 1 aromatic rings. The first-order chi connectivity index (χ1) is 9.59. The lowest BCUT2D eigenvalue weighted by Gasteiger charge is -2.34. The predicted octanol–water partition coefficient (Wildman–Crippen LogP) is 1.61. The lowest BCUT2D eigenvalue weighted by atomic mass is 9.89. The maximum Gasteiger partial charge on any atom is 0.329 e. The van der Waals surface area contributed by atoms with Crippen LogP contribution in [0.1, 0.15) is 35.7 Å². The Morgan fingerprint density at radius 1 is 1.30 bits per heavy atom. The second-order valence-corrected chi connectivity index (χ2v) is 4.96. The van der Waals surface area contributed by atoms with Crippen molar-refractivity contribution in [1.29, 1.82) is 0 Å². The van der Waals surface area contributed by atoms with Crippen molar-refractivity contribution >= 4 is 11.9 Å². The van der Waals surface area contributed by atoms with E-state index in [1.807, 2.05) is 19.1 Å². The third kappa shape index (κ3) is 2.82. The molecule has 0 unspecified atom stereocenters. The lowest BCUT2D eigenvalue weighted by Crippen LogP contribution is -2.57. The third-order valence-electron chi connectivity index (χ3n) is 3.75. The molecule has 108 valence electrons. The summed E-state index contributed by atoms with van der Waals surface area (Å²) in [4.78, 5) is 23.9. The Morgan fingerprint density at radius 3 is 2.55 bits per heavy atom. The molecule has 1 heterocycles. The van der Waals surface area contributed by atoms with E-state index in [9.17, 15) is 14.7 Å². The summed E-state index contributed by atoms with van der Waals surface area (Å²) < 4.78 is 5.19. The molecular weight excluding hydrogens is 258 g/mol. The van der Waals surface area contributed by atoms with Gasteiger partial charge in [0, 0.05) is 31.6 Å². The molecular formula is C15H19NO4. The fraction of sp³-hybridized carbons (Fsp3) is 0.467. The molecule has 0 atom stereocenters. The monoisotopic (exact) mass is 277 g/mol. The number of ether oxygens (including phenoxy) is 1. The van der Waals surface area contributed by atoms with Gasteiger partial charge in [-0.25, -0.2) is 4.79 Å². The summed E-state index contributed by atoms with van der Waals surface area (Å²) in [5.74, 6) is -1.32. The standard InChI is InChI=1S/C15H19NO4/c1-2-11-5-3-4-6-12(11)13(17)16-15(14(18)19)7-9-20-10-8-15/h3-6H,2,7-10H2,1H3,(H,16,17)(H,18,19). The van der Waals surface area contributed by atoms with Crippen molar-refractivity contribution in [3.8, 4) is 0 Å². The van der Waals surface area contributed by atoms with Crippen LogP contribution in [0.25, 0.3) is 0 Å². The number of carboxylic acids is 1. The molecule has 0 aliphatic carbocycles. The summed E-state index contributed by atoms with van der Waals surface area (Å²) in [5.41, 5.74) is 0.246. The number of aliphatic carboxylic acids is 1. The van der Waals surface area contributed by atoms with E-state index in [0.717, 1.165) is 12.0 Å². The molecule has 0 radical (unpaired) electrons. The minimum Gasteiger partial charge on any atom is -0.480 e. The van der Waals surface area contributed by atoms with Gasteiger partial charge in [0.25, 0.3) is 5.91 Å². The Morgan fingerprint density at radius 2 is 1.95 bits per heavy atom. The van der Waals surface area contributed by atoms with E-state index < -0.39 is 11.5 Å². The smallest absolute Gasteiger partial charge is 0.329 e. The molecule has 1 saturated heterocycles. The number of rotatable bonds is 4. The predicted molar refractivity (Wildman–Crippen MR) is 73.7 cm³/mol. The molecule has 5 heteroatoms. The number of carbonyl (C=O) groups excluding carboxylic acids is 1. The van der Waals surface area contributed by atoms with Crippen molar-refractivity contribution < 1.29 is 19.4 Å². The van der Waals surface area contributed by atoms with Gasteiger partial charge in [-0.15, -0.1) is 0 Å². The van der Waals surface area contributed by atoms with Gasteiger partial charge in [0.05, 0.1) is 0 Å². The Bertz CT molecular complexity index is 506. The third-order valence-corrected chi connectivity index (χ3v) is 3.75. The zero-order valence-corrected chi connectivity index (χ0v) is 11.5. The molecule has 5 nitrogen and oxygen atoms in total. The summed E-state index contributed by atoms with van der Waals surface area (Å²) in [7, 11) is 0. The van der Waals surface area contributed by atoms with E-state index in [2.05, 4.69) is 5.32 Å². The van der Waals surface area contributed by atoms with Gasteiger partial charge in [0.15, 0.2) is 0 Å². The van der Waals surface area contributed by atoms with Crippen LogP contribution in [-0.4, -0.2) is 35.7 Å². The van der Waals surface area contributed by atoms with Crippen molar-refractivity contribution in [1.82, 2.24) is 5.32 Å². The Balaban J connectivity index is 2.22. The van der Waals surface area contributed by atoms with Crippen LogP contribution >= 0.6 is 0 Å². The van der Waals surface area contributed by atoms with Crippen molar-refractivity contribution in [2.24, 2.45) is 0 Å². The maximum absolute atomic E-state index is 12.4. The van der Waals surface area contributed by atoms with E-state index in [4.69, 9.17) is 4.74 Å². The Hall–Kier alpha value is -1.88. The van der Waals surface area contributed by atoms with Crippen molar-refractivity contribution in [2.75, 3.05) is 13.2 Å². The van der Waals surface area contributed by atoms with Crippen molar-refractivity contribution in [2.45, 2.75) is 31.7 Å². The quantitative estimate of drug-likeness (QED) is 0.876. The molecule has 0 spiro atoms.